The fraction of sp³-hybridized carbons (Fsp3) is 0.429. The number of rotatable bonds is 4. The third kappa shape index (κ3) is 3.14. The smallest absolute Gasteiger partial charge is 0.243 e. The number of carbonyl (C=O) groups is 2. The van der Waals surface area contributed by atoms with Crippen LogP contribution in [0.25, 0.3) is 0 Å². The number of amides is 1. The summed E-state index contributed by atoms with van der Waals surface area (Å²) < 4.78 is 26.5. The molecule has 7 heteroatoms. The van der Waals surface area contributed by atoms with Crippen molar-refractivity contribution in [3.05, 3.63) is 29.8 Å². The maximum atomic E-state index is 12.7. The Morgan fingerprint density at radius 2 is 2.00 bits per heavy atom. The summed E-state index contributed by atoms with van der Waals surface area (Å²) in [6, 6.07) is 5.03. The van der Waals surface area contributed by atoms with Gasteiger partial charge in [-0.15, -0.1) is 0 Å². The molecule has 21 heavy (non-hydrogen) atoms. The molecule has 1 amide bonds. The first kappa shape index (κ1) is 15.7. The van der Waals surface area contributed by atoms with Crippen LogP contribution in [0.15, 0.2) is 29.2 Å². The number of primary amides is 1. The number of hydrogen-bond acceptors (Lipinski definition) is 4. The summed E-state index contributed by atoms with van der Waals surface area (Å²) in [7, 11) is -3.83. The minimum atomic E-state index is -3.83. The van der Waals surface area contributed by atoms with E-state index in [-0.39, 0.29) is 17.2 Å². The first-order valence-corrected chi connectivity index (χ1v) is 8.20. The molecule has 0 spiro atoms. The normalized spacial score (nSPS) is 20.1. The van der Waals surface area contributed by atoms with Crippen molar-refractivity contribution >= 4 is 21.7 Å². The highest BCUT2D eigenvalue weighted by atomic mass is 32.2. The zero-order valence-corrected chi connectivity index (χ0v) is 12.6. The Labute approximate surface area is 124 Å². The molecule has 2 N–H and O–H groups in total. The molecule has 0 bridgehead atoms. The number of nitrogens with zero attached hydrogens (tertiary/aromatic N) is 1. The third-order valence-corrected chi connectivity index (χ3v) is 5.53. The van der Waals surface area contributed by atoms with Gasteiger partial charge in [-0.05, 0) is 31.9 Å². The Hall–Kier alpha value is -1.73. The fourth-order valence-electron chi connectivity index (χ4n) is 2.49. The van der Waals surface area contributed by atoms with Crippen molar-refractivity contribution < 1.29 is 18.0 Å². The molecule has 1 aliphatic rings. The molecule has 114 valence electrons. The molecular formula is C14H18N2O4S. The van der Waals surface area contributed by atoms with Crippen molar-refractivity contribution in [2.24, 2.45) is 5.73 Å². The zero-order valence-electron chi connectivity index (χ0n) is 11.8. The Bertz CT molecular complexity index is 669. The van der Waals surface area contributed by atoms with Gasteiger partial charge in [-0.2, -0.15) is 4.31 Å². The van der Waals surface area contributed by atoms with Crippen molar-refractivity contribution in [1.82, 2.24) is 4.31 Å². The Morgan fingerprint density at radius 3 is 2.62 bits per heavy atom. The summed E-state index contributed by atoms with van der Waals surface area (Å²) in [6.45, 7) is 1.64. The molecule has 1 aliphatic heterocycles. The monoisotopic (exact) mass is 310 g/mol. The van der Waals surface area contributed by atoms with Crippen molar-refractivity contribution in [1.29, 1.82) is 0 Å². The average Bonchev–Trinajstić information content (AvgIpc) is 2.47. The molecule has 0 aliphatic carbocycles. The number of hydrogen-bond donors (Lipinski definition) is 1. The quantitative estimate of drug-likeness (QED) is 0.836. The van der Waals surface area contributed by atoms with Crippen LogP contribution in [0.3, 0.4) is 0 Å². The second-order valence-electron chi connectivity index (χ2n) is 5.11. The largest absolute Gasteiger partial charge is 0.368 e. The molecule has 0 unspecified atom stereocenters. The number of piperidine rings is 1. The molecule has 2 rings (SSSR count). The van der Waals surface area contributed by atoms with Gasteiger partial charge in [0.2, 0.25) is 15.9 Å². The number of ketones is 1. The van der Waals surface area contributed by atoms with Crippen LogP contribution in [-0.2, 0) is 14.8 Å². The molecule has 1 fully saturated rings. The van der Waals surface area contributed by atoms with Crippen LogP contribution in [0.4, 0.5) is 0 Å². The third-order valence-electron chi connectivity index (χ3n) is 3.63. The minimum Gasteiger partial charge on any atom is -0.368 e. The van der Waals surface area contributed by atoms with Crippen LogP contribution in [0.2, 0.25) is 0 Å². The lowest BCUT2D eigenvalue weighted by molar-refractivity contribution is -0.122. The summed E-state index contributed by atoms with van der Waals surface area (Å²) in [6.07, 6.45) is 1.89. The lowest BCUT2D eigenvalue weighted by atomic mass is 10.0. The van der Waals surface area contributed by atoms with E-state index in [1.54, 1.807) is 6.07 Å². The fourth-order valence-corrected chi connectivity index (χ4v) is 4.20. The lowest BCUT2D eigenvalue weighted by Crippen LogP contribution is -2.50. The van der Waals surface area contributed by atoms with E-state index in [2.05, 4.69) is 0 Å². The molecule has 1 saturated heterocycles. The second kappa shape index (κ2) is 5.95. The van der Waals surface area contributed by atoms with Gasteiger partial charge in [-0.3, -0.25) is 9.59 Å². The number of benzene rings is 1. The number of nitrogens with two attached hydrogens (primary N) is 1. The average molecular weight is 310 g/mol. The van der Waals surface area contributed by atoms with E-state index >= 15 is 0 Å². The van der Waals surface area contributed by atoms with Gasteiger partial charge >= 0.3 is 0 Å². The van der Waals surface area contributed by atoms with Crippen molar-refractivity contribution in [3.63, 3.8) is 0 Å². The van der Waals surface area contributed by atoms with Crippen LogP contribution in [0.5, 0.6) is 0 Å². The Kier molecular flexibility index (Phi) is 4.43. The molecule has 0 aromatic heterocycles. The number of sulfonamides is 1. The SMILES string of the molecule is CC(=O)c1cccc(S(=O)(=O)N2CCCC[C@H]2C(N)=O)c1. The number of Topliss-reactive ketones (excluding diaryl/α,β-unsaturated/α-hetero) is 1. The Balaban J connectivity index is 2.43. The van der Waals surface area contributed by atoms with E-state index in [0.29, 0.717) is 18.4 Å². The number of carbonyl (C=O) groups excluding carboxylic acids is 2. The molecular weight excluding hydrogens is 292 g/mol. The summed E-state index contributed by atoms with van der Waals surface area (Å²) in [5.74, 6) is -0.849. The van der Waals surface area contributed by atoms with E-state index in [9.17, 15) is 18.0 Å². The predicted octanol–water partition coefficient (Wildman–Crippen LogP) is 0.918. The maximum Gasteiger partial charge on any atom is 0.243 e. The van der Waals surface area contributed by atoms with Crippen LogP contribution in [0, 0.1) is 0 Å². The van der Waals surface area contributed by atoms with E-state index in [1.807, 2.05) is 0 Å². The summed E-state index contributed by atoms with van der Waals surface area (Å²) in [5, 5.41) is 0. The van der Waals surface area contributed by atoms with Crippen LogP contribution >= 0.6 is 0 Å². The van der Waals surface area contributed by atoms with Crippen molar-refractivity contribution in [3.8, 4) is 0 Å². The highest BCUT2D eigenvalue weighted by molar-refractivity contribution is 7.89. The molecule has 0 radical (unpaired) electrons. The highest BCUT2D eigenvalue weighted by Crippen LogP contribution is 2.25. The van der Waals surface area contributed by atoms with Gasteiger partial charge in [0.15, 0.2) is 5.78 Å². The summed E-state index contributed by atoms with van der Waals surface area (Å²) >= 11 is 0. The highest BCUT2D eigenvalue weighted by Gasteiger charge is 2.36. The summed E-state index contributed by atoms with van der Waals surface area (Å²) in [4.78, 5) is 22.9. The van der Waals surface area contributed by atoms with Crippen LogP contribution < -0.4 is 5.73 Å². The molecule has 6 nitrogen and oxygen atoms in total. The van der Waals surface area contributed by atoms with Crippen LogP contribution in [-0.4, -0.2) is 37.0 Å². The standard InChI is InChI=1S/C14H18N2O4S/c1-10(17)11-5-4-6-12(9-11)21(19,20)16-8-3-2-7-13(16)14(15)18/h4-6,9,13H,2-3,7-8H2,1H3,(H2,15,18)/t13-/m0/s1. The summed E-state index contributed by atoms with van der Waals surface area (Å²) in [5.41, 5.74) is 5.63. The second-order valence-corrected chi connectivity index (χ2v) is 7.00. The van der Waals surface area contributed by atoms with Gasteiger partial charge in [0, 0.05) is 12.1 Å². The molecule has 1 aromatic rings. The van der Waals surface area contributed by atoms with Gasteiger partial charge in [-0.25, -0.2) is 8.42 Å². The minimum absolute atomic E-state index is 0.0170. The zero-order chi connectivity index (χ0) is 15.6. The molecule has 1 aromatic carbocycles. The van der Waals surface area contributed by atoms with Crippen LogP contribution in [0.1, 0.15) is 36.5 Å². The molecule has 0 saturated carbocycles. The van der Waals surface area contributed by atoms with Crippen molar-refractivity contribution in [2.45, 2.75) is 37.1 Å². The molecule has 1 heterocycles. The van der Waals surface area contributed by atoms with Gasteiger partial charge in [0.1, 0.15) is 6.04 Å². The first-order valence-electron chi connectivity index (χ1n) is 6.76. The lowest BCUT2D eigenvalue weighted by Gasteiger charge is -2.32. The maximum absolute atomic E-state index is 12.7. The van der Waals surface area contributed by atoms with E-state index in [1.165, 1.54) is 25.1 Å². The molecule has 1 atom stereocenters. The van der Waals surface area contributed by atoms with E-state index < -0.39 is 22.0 Å². The van der Waals surface area contributed by atoms with Gasteiger partial charge in [-0.1, -0.05) is 18.6 Å². The first-order chi connectivity index (χ1) is 9.84. The van der Waals surface area contributed by atoms with Crippen molar-refractivity contribution in [2.75, 3.05) is 6.54 Å². The topological polar surface area (TPSA) is 97.5 Å². The van der Waals surface area contributed by atoms with E-state index in [0.717, 1.165) is 10.7 Å². The van der Waals surface area contributed by atoms with Gasteiger partial charge < -0.3 is 5.73 Å². The van der Waals surface area contributed by atoms with Gasteiger partial charge in [0.25, 0.3) is 0 Å². The van der Waals surface area contributed by atoms with E-state index in [4.69, 9.17) is 5.73 Å². The predicted molar refractivity (Wildman–Crippen MR) is 77.2 cm³/mol. The van der Waals surface area contributed by atoms with Gasteiger partial charge in [0.05, 0.1) is 4.90 Å². The Morgan fingerprint density at radius 1 is 1.29 bits per heavy atom.